The fourth-order valence-corrected chi connectivity index (χ4v) is 2.20. The summed E-state index contributed by atoms with van der Waals surface area (Å²) in [6.07, 6.45) is 0.688. The summed E-state index contributed by atoms with van der Waals surface area (Å²) in [4.78, 5) is 7.90. The largest absolute Gasteiger partial charge is 0.342 e. The van der Waals surface area contributed by atoms with Gasteiger partial charge in [-0.3, -0.25) is 0 Å². The second kappa shape index (κ2) is 4.50. The molecule has 0 amide bonds. The predicted octanol–water partition coefficient (Wildman–Crippen LogP) is 3.91. The van der Waals surface area contributed by atoms with E-state index in [9.17, 15) is 4.39 Å². The minimum atomic E-state index is -0.209. The summed E-state index contributed by atoms with van der Waals surface area (Å²) in [6.45, 7) is 4.18. The smallest absolute Gasteiger partial charge is 0.123 e. The molecule has 2 aromatic carbocycles. The van der Waals surface area contributed by atoms with Crippen molar-refractivity contribution in [3.05, 3.63) is 64.7 Å². The van der Waals surface area contributed by atoms with E-state index in [1.807, 2.05) is 0 Å². The van der Waals surface area contributed by atoms with Crippen molar-refractivity contribution >= 4 is 11.0 Å². The molecule has 19 heavy (non-hydrogen) atoms. The molecule has 0 saturated heterocycles. The molecule has 96 valence electrons. The van der Waals surface area contributed by atoms with Gasteiger partial charge in [-0.2, -0.15) is 0 Å². The number of aromatic nitrogens is 2. The molecule has 0 unspecified atom stereocenters. The first-order chi connectivity index (χ1) is 9.11. The Bertz CT molecular complexity index is 687. The summed E-state index contributed by atoms with van der Waals surface area (Å²) < 4.78 is 12.9. The van der Waals surface area contributed by atoms with Crippen molar-refractivity contribution in [3.8, 4) is 0 Å². The van der Waals surface area contributed by atoms with Crippen molar-refractivity contribution < 1.29 is 4.39 Å². The number of halogens is 1. The average molecular weight is 254 g/mol. The number of aryl methyl sites for hydroxylation is 2. The van der Waals surface area contributed by atoms with Crippen molar-refractivity contribution in [3.63, 3.8) is 0 Å². The van der Waals surface area contributed by atoms with Gasteiger partial charge in [0, 0.05) is 6.42 Å². The maximum absolute atomic E-state index is 12.9. The molecule has 0 aliphatic heterocycles. The minimum Gasteiger partial charge on any atom is -0.342 e. The average Bonchev–Trinajstić information content (AvgIpc) is 2.74. The van der Waals surface area contributed by atoms with Crippen LogP contribution in [0.15, 0.2) is 36.4 Å². The first-order valence-electron chi connectivity index (χ1n) is 6.32. The molecule has 0 spiro atoms. The van der Waals surface area contributed by atoms with E-state index in [0.29, 0.717) is 6.42 Å². The fourth-order valence-electron chi connectivity index (χ4n) is 2.20. The maximum Gasteiger partial charge on any atom is 0.123 e. The predicted molar refractivity (Wildman–Crippen MR) is 74.8 cm³/mol. The van der Waals surface area contributed by atoms with Gasteiger partial charge >= 0.3 is 0 Å². The van der Waals surface area contributed by atoms with E-state index in [1.54, 1.807) is 12.1 Å². The van der Waals surface area contributed by atoms with Crippen LogP contribution in [0.5, 0.6) is 0 Å². The van der Waals surface area contributed by atoms with Gasteiger partial charge in [-0.1, -0.05) is 12.1 Å². The van der Waals surface area contributed by atoms with Crippen molar-refractivity contribution in [2.75, 3.05) is 0 Å². The summed E-state index contributed by atoms with van der Waals surface area (Å²) in [5.41, 5.74) is 5.59. The Kier molecular flexibility index (Phi) is 2.82. The molecule has 1 N–H and O–H groups in total. The van der Waals surface area contributed by atoms with E-state index in [2.05, 4.69) is 35.9 Å². The highest BCUT2D eigenvalue weighted by Gasteiger charge is 2.05. The van der Waals surface area contributed by atoms with Crippen LogP contribution < -0.4 is 0 Å². The highest BCUT2D eigenvalue weighted by Crippen LogP contribution is 2.18. The number of hydrogen-bond donors (Lipinski definition) is 1. The van der Waals surface area contributed by atoms with Crippen LogP contribution in [0, 0.1) is 19.7 Å². The van der Waals surface area contributed by atoms with Gasteiger partial charge in [-0.05, 0) is 54.8 Å². The van der Waals surface area contributed by atoms with Crippen LogP contribution >= 0.6 is 0 Å². The number of nitrogens with zero attached hydrogens (tertiary/aromatic N) is 1. The van der Waals surface area contributed by atoms with E-state index in [-0.39, 0.29) is 5.82 Å². The Morgan fingerprint density at radius 1 is 1.05 bits per heavy atom. The van der Waals surface area contributed by atoms with Gasteiger partial charge in [-0.25, -0.2) is 9.37 Å². The molecule has 3 heteroatoms. The first-order valence-corrected chi connectivity index (χ1v) is 6.32. The normalized spacial score (nSPS) is 11.1. The third-order valence-electron chi connectivity index (χ3n) is 3.43. The van der Waals surface area contributed by atoms with Crippen LogP contribution in [-0.4, -0.2) is 9.97 Å². The highest BCUT2D eigenvalue weighted by atomic mass is 19.1. The molecule has 0 aliphatic carbocycles. The third-order valence-corrected chi connectivity index (χ3v) is 3.43. The number of aromatic amines is 1. The van der Waals surface area contributed by atoms with Gasteiger partial charge in [-0.15, -0.1) is 0 Å². The first kappa shape index (κ1) is 11.9. The molecule has 0 radical (unpaired) electrons. The number of H-pyrrole nitrogens is 1. The lowest BCUT2D eigenvalue weighted by Crippen LogP contribution is -1.90. The zero-order valence-electron chi connectivity index (χ0n) is 11.0. The van der Waals surface area contributed by atoms with E-state index >= 15 is 0 Å². The van der Waals surface area contributed by atoms with E-state index in [1.165, 1.54) is 23.3 Å². The Morgan fingerprint density at radius 2 is 1.74 bits per heavy atom. The van der Waals surface area contributed by atoms with Crippen molar-refractivity contribution in [2.45, 2.75) is 20.3 Å². The summed E-state index contributed by atoms with van der Waals surface area (Å²) in [6, 6.07) is 10.7. The maximum atomic E-state index is 12.9. The lowest BCUT2D eigenvalue weighted by atomic mass is 10.1. The van der Waals surface area contributed by atoms with Crippen LogP contribution in [0.2, 0.25) is 0 Å². The fraction of sp³-hybridized carbons (Fsp3) is 0.188. The number of hydrogen-bond acceptors (Lipinski definition) is 1. The molecule has 3 aromatic rings. The summed E-state index contributed by atoms with van der Waals surface area (Å²) >= 11 is 0. The monoisotopic (exact) mass is 254 g/mol. The molecule has 0 aliphatic rings. The van der Waals surface area contributed by atoms with Crippen LogP contribution in [0.3, 0.4) is 0 Å². The van der Waals surface area contributed by atoms with Gasteiger partial charge in [0.1, 0.15) is 11.6 Å². The van der Waals surface area contributed by atoms with E-state index in [0.717, 1.165) is 22.4 Å². The number of benzene rings is 2. The zero-order valence-corrected chi connectivity index (χ0v) is 11.0. The lowest BCUT2D eigenvalue weighted by Gasteiger charge is -1.97. The minimum absolute atomic E-state index is 0.209. The summed E-state index contributed by atoms with van der Waals surface area (Å²) in [5.74, 6) is 0.700. The molecule has 1 aromatic heterocycles. The lowest BCUT2D eigenvalue weighted by molar-refractivity contribution is 0.627. The molecule has 1 heterocycles. The molecule has 2 nitrogen and oxygen atoms in total. The van der Waals surface area contributed by atoms with Gasteiger partial charge in [0.05, 0.1) is 11.0 Å². The van der Waals surface area contributed by atoms with Crippen molar-refractivity contribution in [1.29, 1.82) is 0 Å². The third kappa shape index (κ3) is 2.36. The standard InChI is InChI=1S/C16H15FN2/c1-10-7-14-15(8-11(10)2)19-16(18-14)9-12-3-5-13(17)6-4-12/h3-8H,9H2,1-2H3,(H,18,19). The Labute approximate surface area is 111 Å². The molecule has 0 fully saturated rings. The molecule has 0 atom stereocenters. The second-order valence-electron chi connectivity index (χ2n) is 4.94. The highest BCUT2D eigenvalue weighted by molar-refractivity contribution is 5.77. The van der Waals surface area contributed by atoms with Crippen molar-refractivity contribution in [1.82, 2.24) is 9.97 Å². The summed E-state index contributed by atoms with van der Waals surface area (Å²) in [5, 5.41) is 0. The molecular formula is C16H15FN2. The number of nitrogens with one attached hydrogen (secondary N) is 1. The summed E-state index contributed by atoms with van der Waals surface area (Å²) in [7, 11) is 0. The van der Waals surface area contributed by atoms with Crippen LogP contribution in [0.4, 0.5) is 4.39 Å². The van der Waals surface area contributed by atoms with Gasteiger partial charge < -0.3 is 4.98 Å². The van der Waals surface area contributed by atoms with E-state index < -0.39 is 0 Å². The van der Waals surface area contributed by atoms with Gasteiger partial charge in [0.15, 0.2) is 0 Å². The van der Waals surface area contributed by atoms with Crippen LogP contribution in [-0.2, 0) is 6.42 Å². The van der Waals surface area contributed by atoms with Gasteiger partial charge in [0.2, 0.25) is 0 Å². The zero-order chi connectivity index (χ0) is 13.4. The Balaban J connectivity index is 1.95. The Morgan fingerprint density at radius 3 is 2.47 bits per heavy atom. The number of rotatable bonds is 2. The number of imidazole rings is 1. The molecular weight excluding hydrogens is 239 g/mol. The SMILES string of the molecule is Cc1cc2nc(Cc3ccc(F)cc3)[nH]c2cc1C. The molecule has 0 bridgehead atoms. The number of fused-ring (bicyclic) bond motifs is 1. The van der Waals surface area contributed by atoms with Crippen LogP contribution in [0.1, 0.15) is 22.5 Å². The van der Waals surface area contributed by atoms with Crippen LogP contribution in [0.25, 0.3) is 11.0 Å². The van der Waals surface area contributed by atoms with Crippen molar-refractivity contribution in [2.24, 2.45) is 0 Å². The second-order valence-corrected chi connectivity index (χ2v) is 4.94. The topological polar surface area (TPSA) is 28.7 Å². The van der Waals surface area contributed by atoms with Gasteiger partial charge in [0.25, 0.3) is 0 Å². The van der Waals surface area contributed by atoms with E-state index in [4.69, 9.17) is 0 Å². The molecule has 3 rings (SSSR count). The Hall–Kier alpha value is -2.16. The molecule has 0 saturated carbocycles. The quantitative estimate of drug-likeness (QED) is 0.738.